The summed E-state index contributed by atoms with van der Waals surface area (Å²) in [6.45, 7) is 1.72. The SMILES string of the molecule is c1ccc(-c2ccccc2OCc2nnc(C3CCCOC3)o2)cc1. The van der Waals surface area contributed by atoms with E-state index >= 15 is 0 Å². The summed E-state index contributed by atoms with van der Waals surface area (Å²) < 4.78 is 17.2. The minimum atomic E-state index is 0.201. The molecule has 1 aliphatic rings. The summed E-state index contributed by atoms with van der Waals surface area (Å²) in [4.78, 5) is 0. The number of hydrogen-bond donors (Lipinski definition) is 0. The molecule has 1 unspecified atom stereocenters. The highest BCUT2D eigenvalue weighted by molar-refractivity contribution is 5.70. The first-order chi connectivity index (χ1) is 12.4. The van der Waals surface area contributed by atoms with E-state index in [1.165, 1.54) is 0 Å². The smallest absolute Gasteiger partial charge is 0.253 e. The Morgan fingerprint density at radius 3 is 2.68 bits per heavy atom. The highest BCUT2D eigenvalue weighted by Crippen LogP contribution is 2.30. The molecule has 0 N–H and O–H groups in total. The molecule has 5 heteroatoms. The summed E-state index contributed by atoms with van der Waals surface area (Å²) in [7, 11) is 0. The second-order valence-electron chi connectivity index (χ2n) is 6.10. The molecule has 4 rings (SSSR count). The van der Waals surface area contributed by atoms with Crippen LogP contribution in [-0.2, 0) is 11.3 Å². The molecule has 0 amide bonds. The fourth-order valence-electron chi connectivity index (χ4n) is 3.01. The molecular weight excluding hydrogens is 316 g/mol. The van der Waals surface area contributed by atoms with Gasteiger partial charge in [-0.25, -0.2) is 0 Å². The van der Waals surface area contributed by atoms with Gasteiger partial charge in [-0.3, -0.25) is 0 Å². The Morgan fingerprint density at radius 1 is 1.00 bits per heavy atom. The lowest BCUT2D eigenvalue weighted by atomic mass is 10.0. The number of aromatic nitrogens is 2. The van der Waals surface area contributed by atoms with Crippen LogP contribution in [0.1, 0.15) is 30.5 Å². The average Bonchev–Trinajstić information content (AvgIpc) is 3.17. The van der Waals surface area contributed by atoms with Crippen molar-refractivity contribution in [1.29, 1.82) is 0 Å². The molecule has 2 aromatic carbocycles. The van der Waals surface area contributed by atoms with Crippen LogP contribution in [0.2, 0.25) is 0 Å². The third kappa shape index (κ3) is 3.72. The molecule has 1 aromatic heterocycles. The van der Waals surface area contributed by atoms with E-state index in [2.05, 4.69) is 22.3 Å². The van der Waals surface area contributed by atoms with E-state index in [0.29, 0.717) is 18.4 Å². The molecule has 0 radical (unpaired) electrons. The van der Waals surface area contributed by atoms with Crippen molar-refractivity contribution >= 4 is 0 Å². The summed E-state index contributed by atoms with van der Waals surface area (Å²) >= 11 is 0. The fourth-order valence-corrected chi connectivity index (χ4v) is 3.01. The van der Waals surface area contributed by atoms with Crippen molar-refractivity contribution in [2.24, 2.45) is 0 Å². The van der Waals surface area contributed by atoms with Gasteiger partial charge in [0, 0.05) is 12.2 Å². The van der Waals surface area contributed by atoms with Crippen LogP contribution < -0.4 is 4.74 Å². The minimum Gasteiger partial charge on any atom is -0.483 e. The molecule has 0 saturated carbocycles. The van der Waals surface area contributed by atoms with Gasteiger partial charge in [-0.05, 0) is 24.5 Å². The third-order valence-electron chi connectivity index (χ3n) is 4.32. The quantitative estimate of drug-likeness (QED) is 0.698. The highest BCUT2D eigenvalue weighted by atomic mass is 16.5. The van der Waals surface area contributed by atoms with E-state index in [0.717, 1.165) is 36.3 Å². The van der Waals surface area contributed by atoms with Crippen molar-refractivity contribution < 1.29 is 13.9 Å². The van der Waals surface area contributed by atoms with Gasteiger partial charge >= 0.3 is 0 Å². The van der Waals surface area contributed by atoms with Crippen LogP contribution >= 0.6 is 0 Å². The van der Waals surface area contributed by atoms with Crippen LogP contribution in [0.5, 0.6) is 5.75 Å². The molecule has 1 saturated heterocycles. The minimum absolute atomic E-state index is 0.201. The summed E-state index contributed by atoms with van der Waals surface area (Å²) in [5, 5.41) is 8.27. The summed E-state index contributed by atoms with van der Waals surface area (Å²) in [5.41, 5.74) is 2.16. The largest absolute Gasteiger partial charge is 0.483 e. The lowest BCUT2D eigenvalue weighted by Crippen LogP contribution is -2.15. The Balaban J connectivity index is 1.46. The molecule has 0 aliphatic carbocycles. The van der Waals surface area contributed by atoms with Gasteiger partial charge in [0.1, 0.15) is 5.75 Å². The number of rotatable bonds is 5. The van der Waals surface area contributed by atoms with Gasteiger partial charge in [-0.1, -0.05) is 48.5 Å². The van der Waals surface area contributed by atoms with Crippen molar-refractivity contribution in [2.45, 2.75) is 25.4 Å². The predicted octanol–water partition coefficient (Wildman–Crippen LogP) is 4.21. The van der Waals surface area contributed by atoms with Crippen molar-refractivity contribution in [3.05, 3.63) is 66.4 Å². The summed E-state index contributed by atoms with van der Waals surface area (Å²) in [6.07, 6.45) is 2.06. The van der Waals surface area contributed by atoms with Crippen LogP contribution in [0.3, 0.4) is 0 Å². The van der Waals surface area contributed by atoms with Crippen molar-refractivity contribution in [2.75, 3.05) is 13.2 Å². The number of hydrogen-bond acceptors (Lipinski definition) is 5. The van der Waals surface area contributed by atoms with E-state index < -0.39 is 0 Å². The molecule has 3 aromatic rings. The van der Waals surface area contributed by atoms with Gasteiger partial charge in [-0.2, -0.15) is 0 Å². The molecule has 25 heavy (non-hydrogen) atoms. The first-order valence-corrected chi connectivity index (χ1v) is 8.57. The van der Waals surface area contributed by atoms with Gasteiger partial charge < -0.3 is 13.9 Å². The molecule has 128 valence electrons. The van der Waals surface area contributed by atoms with Crippen LogP contribution in [0.4, 0.5) is 0 Å². The molecule has 1 fully saturated rings. The summed E-state index contributed by atoms with van der Waals surface area (Å²) in [5.74, 6) is 2.14. The molecule has 1 aliphatic heterocycles. The normalized spacial score (nSPS) is 17.4. The van der Waals surface area contributed by atoms with Gasteiger partial charge in [0.25, 0.3) is 5.89 Å². The monoisotopic (exact) mass is 336 g/mol. The number of nitrogens with zero attached hydrogens (tertiary/aromatic N) is 2. The lowest BCUT2D eigenvalue weighted by Gasteiger charge is -2.18. The molecule has 0 bridgehead atoms. The van der Waals surface area contributed by atoms with Gasteiger partial charge in [0.05, 0.1) is 12.5 Å². The van der Waals surface area contributed by atoms with E-state index in [4.69, 9.17) is 13.9 Å². The zero-order chi connectivity index (χ0) is 16.9. The maximum atomic E-state index is 5.95. The standard InChI is InChI=1S/C20H20N2O3/c1-2-7-15(8-3-1)17-10-4-5-11-18(17)24-14-19-21-22-20(25-19)16-9-6-12-23-13-16/h1-5,7-8,10-11,16H,6,9,12-14H2. The summed E-state index contributed by atoms with van der Waals surface area (Å²) in [6, 6.07) is 18.1. The Kier molecular flexibility index (Phi) is 4.74. The second kappa shape index (κ2) is 7.49. The molecular formula is C20H20N2O3. The third-order valence-corrected chi connectivity index (χ3v) is 4.32. The van der Waals surface area contributed by atoms with Crippen LogP contribution in [-0.4, -0.2) is 23.4 Å². The van der Waals surface area contributed by atoms with Crippen LogP contribution in [0.25, 0.3) is 11.1 Å². The van der Waals surface area contributed by atoms with E-state index in [9.17, 15) is 0 Å². The van der Waals surface area contributed by atoms with Crippen molar-refractivity contribution in [3.8, 4) is 16.9 Å². The van der Waals surface area contributed by atoms with Crippen LogP contribution in [0, 0.1) is 0 Å². The Morgan fingerprint density at radius 2 is 1.84 bits per heavy atom. The second-order valence-corrected chi connectivity index (χ2v) is 6.10. The first kappa shape index (κ1) is 15.8. The molecule has 2 heterocycles. The molecule has 5 nitrogen and oxygen atoms in total. The predicted molar refractivity (Wildman–Crippen MR) is 93.3 cm³/mol. The molecule has 1 atom stereocenters. The Hall–Kier alpha value is -2.66. The van der Waals surface area contributed by atoms with Crippen molar-refractivity contribution in [3.63, 3.8) is 0 Å². The Labute approximate surface area is 146 Å². The Bertz CT molecular complexity index is 811. The average molecular weight is 336 g/mol. The maximum absolute atomic E-state index is 5.95. The number of para-hydroxylation sites is 1. The lowest BCUT2D eigenvalue weighted by molar-refractivity contribution is 0.0717. The topological polar surface area (TPSA) is 57.4 Å². The molecule has 0 spiro atoms. The number of ether oxygens (including phenoxy) is 2. The van der Waals surface area contributed by atoms with E-state index in [1.807, 2.05) is 42.5 Å². The van der Waals surface area contributed by atoms with E-state index in [-0.39, 0.29) is 12.5 Å². The van der Waals surface area contributed by atoms with Crippen molar-refractivity contribution in [1.82, 2.24) is 10.2 Å². The van der Waals surface area contributed by atoms with Gasteiger partial charge in [0.2, 0.25) is 5.89 Å². The zero-order valence-corrected chi connectivity index (χ0v) is 13.9. The van der Waals surface area contributed by atoms with E-state index in [1.54, 1.807) is 0 Å². The first-order valence-electron chi connectivity index (χ1n) is 8.57. The van der Waals surface area contributed by atoms with Gasteiger partial charge in [0.15, 0.2) is 6.61 Å². The number of benzene rings is 2. The maximum Gasteiger partial charge on any atom is 0.253 e. The van der Waals surface area contributed by atoms with Gasteiger partial charge in [-0.15, -0.1) is 10.2 Å². The van der Waals surface area contributed by atoms with Crippen LogP contribution in [0.15, 0.2) is 59.0 Å². The zero-order valence-electron chi connectivity index (χ0n) is 13.9. The highest BCUT2D eigenvalue weighted by Gasteiger charge is 2.22. The fraction of sp³-hybridized carbons (Fsp3) is 0.300.